The number of hydrogen-bond donors (Lipinski definition) is 0. The van der Waals surface area contributed by atoms with Gasteiger partial charge in [0.25, 0.3) is 5.91 Å². The molecule has 1 amide bonds. The van der Waals surface area contributed by atoms with Crippen molar-refractivity contribution in [1.29, 1.82) is 0 Å². The van der Waals surface area contributed by atoms with E-state index in [1.165, 1.54) is 25.0 Å². The van der Waals surface area contributed by atoms with Gasteiger partial charge in [0.2, 0.25) is 0 Å². The maximum absolute atomic E-state index is 13.7. The summed E-state index contributed by atoms with van der Waals surface area (Å²) in [7, 11) is 1.67. The smallest absolute Gasteiger partial charge is 0.255 e. The number of aryl methyl sites for hydroxylation is 1. The number of imidazole rings is 1. The van der Waals surface area contributed by atoms with Gasteiger partial charge < -0.3 is 14.2 Å². The van der Waals surface area contributed by atoms with Gasteiger partial charge in [0.1, 0.15) is 5.75 Å². The third kappa shape index (κ3) is 3.90. The Bertz CT molecular complexity index is 1220. The fourth-order valence-electron chi connectivity index (χ4n) is 5.61. The molecule has 1 saturated carbocycles. The predicted molar refractivity (Wildman–Crippen MR) is 133 cm³/mol. The summed E-state index contributed by atoms with van der Waals surface area (Å²) in [6, 6.07) is 5.98. The van der Waals surface area contributed by atoms with Crippen LogP contribution in [0.1, 0.15) is 31.4 Å². The quantitative estimate of drug-likeness (QED) is 0.603. The average Bonchev–Trinajstić information content (AvgIpc) is 3.47. The molecule has 3 heterocycles. The fraction of sp³-hybridized carbons (Fsp3) is 0.429. The van der Waals surface area contributed by atoms with Crippen molar-refractivity contribution >= 4 is 11.6 Å². The molecule has 176 valence electrons. The number of rotatable bonds is 6. The van der Waals surface area contributed by atoms with Gasteiger partial charge in [0.05, 0.1) is 31.4 Å². The maximum Gasteiger partial charge on any atom is 0.255 e. The van der Waals surface area contributed by atoms with Gasteiger partial charge in [0.15, 0.2) is 0 Å². The molecule has 0 radical (unpaired) electrons. The minimum absolute atomic E-state index is 0.138. The van der Waals surface area contributed by atoms with Gasteiger partial charge in [-0.1, -0.05) is 23.8 Å². The number of nitrogens with zero attached hydrogens (tertiary/aromatic N) is 4. The van der Waals surface area contributed by atoms with E-state index in [9.17, 15) is 4.79 Å². The molecule has 2 aliphatic carbocycles. The molecule has 4 aliphatic rings. The van der Waals surface area contributed by atoms with Gasteiger partial charge in [-0.15, -0.1) is 0 Å². The Morgan fingerprint density at radius 3 is 2.82 bits per heavy atom. The van der Waals surface area contributed by atoms with Crippen LogP contribution in [0.5, 0.6) is 5.75 Å². The number of amides is 1. The predicted octanol–water partition coefficient (Wildman–Crippen LogP) is 4.45. The number of methoxy groups -OCH3 is 1. The molecule has 2 aromatic rings. The molecule has 0 bridgehead atoms. The molecule has 1 fully saturated rings. The van der Waals surface area contributed by atoms with Crippen molar-refractivity contribution in [2.45, 2.75) is 32.6 Å². The van der Waals surface area contributed by atoms with Crippen molar-refractivity contribution < 1.29 is 9.53 Å². The number of allylic oxidation sites excluding steroid dienone is 1. The second-order valence-corrected chi connectivity index (χ2v) is 10.0. The molecule has 6 nitrogen and oxygen atoms in total. The van der Waals surface area contributed by atoms with E-state index in [0.29, 0.717) is 6.54 Å². The molecule has 0 saturated heterocycles. The Labute approximate surface area is 201 Å². The molecule has 1 aromatic heterocycles. The summed E-state index contributed by atoms with van der Waals surface area (Å²) < 4.78 is 7.65. The van der Waals surface area contributed by atoms with Crippen LogP contribution in [-0.2, 0) is 4.79 Å². The third-order valence-electron chi connectivity index (χ3n) is 7.64. The summed E-state index contributed by atoms with van der Waals surface area (Å²) in [5.74, 6) is 2.01. The van der Waals surface area contributed by atoms with Crippen molar-refractivity contribution in [3.05, 3.63) is 71.4 Å². The van der Waals surface area contributed by atoms with E-state index in [1.807, 2.05) is 40.8 Å². The monoisotopic (exact) mass is 456 g/mol. The number of carbonyl (C=O) groups excluding carboxylic acids is 1. The summed E-state index contributed by atoms with van der Waals surface area (Å²) in [4.78, 5) is 22.5. The summed E-state index contributed by atoms with van der Waals surface area (Å²) in [5, 5.41) is 0. The Hall–Kier alpha value is -3.12. The Kier molecular flexibility index (Phi) is 5.41. The minimum atomic E-state index is 0.138. The average molecular weight is 457 g/mol. The minimum Gasteiger partial charge on any atom is -0.494 e. The molecule has 1 atom stereocenters. The first-order valence-electron chi connectivity index (χ1n) is 12.4. The molecule has 0 spiro atoms. The van der Waals surface area contributed by atoms with E-state index in [1.54, 1.807) is 13.4 Å². The van der Waals surface area contributed by atoms with Crippen LogP contribution in [0.15, 0.2) is 65.7 Å². The summed E-state index contributed by atoms with van der Waals surface area (Å²) in [6.45, 7) is 5.97. The fourth-order valence-corrected chi connectivity index (χ4v) is 5.61. The van der Waals surface area contributed by atoms with Crippen LogP contribution < -0.4 is 9.64 Å². The molecule has 6 rings (SSSR count). The normalized spacial score (nSPS) is 22.9. The first-order valence-corrected chi connectivity index (χ1v) is 12.4. The number of carbonyl (C=O) groups is 1. The molecule has 1 unspecified atom stereocenters. The summed E-state index contributed by atoms with van der Waals surface area (Å²) in [6.07, 6.45) is 15.4. The largest absolute Gasteiger partial charge is 0.494 e. The lowest BCUT2D eigenvalue weighted by atomic mass is 9.80. The maximum atomic E-state index is 13.7. The number of ether oxygens (including phenoxy) is 1. The number of anilines is 1. The van der Waals surface area contributed by atoms with E-state index >= 15 is 0 Å². The standard InChI is InChI=1S/C28H32N4O2/c1-19-15-31(18-29-19)25-9-8-23(14-26(25)34-2)32-17-22-4-3-5-24(27(22)28(32)33)21-10-12-30(13-11-21)16-20-6-7-20/h3-4,8-10,14-15,18,20,24H,5-7,11-13,16-17H2,1-2H3. The summed E-state index contributed by atoms with van der Waals surface area (Å²) >= 11 is 0. The first kappa shape index (κ1) is 21.4. The Morgan fingerprint density at radius 1 is 1.24 bits per heavy atom. The number of aromatic nitrogens is 2. The van der Waals surface area contributed by atoms with Gasteiger partial charge >= 0.3 is 0 Å². The number of hydrogen-bond acceptors (Lipinski definition) is 4. The molecule has 6 heteroatoms. The highest BCUT2D eigenvalue weighted by atomic mass is 16.5. The van der Waals surface area contributed by atoms with Gasteiger partial charge in [-0.05, 0) is 56.2 Å². The van der Waals surface area contributed by atoms with Crippen LogP contribution in [0.4, 0.5) is 5.69 Å². The van der Waals surface area contributed by atoms with Gasteiger partial charge in [-0.25, -0.2) is 4.98 Å². The van der Waals surface area contributed by atoms with Crippen LogP contribution >= 0.6 is 0 Å². The van der Waals surface area contributed by atoms with E-state index < -0.39 is 0 Å². The summed E-state index contributed by atoms with van der Waals surface area (Å²) in [5.41, 5.74) is 6.34. The Balaban J connectivity index is 1.23. The lowest BCUT2D eigenvalue weighted by Crippen LogP contribution is -2.33. The first-order chi connectivity index (χ1) is 16.6. The van der Waals surface area contributed by atoms with Crippen molar-refractivity contribution in [1.82, 2.24) is 14.5 Å². The van der Waals surface area contributed by atoms with Gasteiger partial charge in [0, 0.05) is 49.1 Å². The zero-order valence-electron chi connectivity index (χ0n) is 20.0. The van der Waals surface area contributed by atoms with Crippen molar-refractivity contribution in [2.75, 3.05) is 38.2 Å². The highest BCUT2D eigenvalue weighted by molar-refractivity contribution is 6.11. The molecule has 1 aromatic carbocycles. The molecule has 2 aliphatic heterocycles. The van der Waals surface area contributed by atoms with Crippen molar-refractivity contribution in [2.24, 2.45) is 11.8 Å². The zero-order chi connectivity index (χ0) is 23.2. The SMILES string of the molecule is COc1cc(N2CC3=C(C2=O)C(C2=CCN(CC4CC4)CC2)CC=C3)ccc1-n1cnc(C)c1. The Morgan fingerprint density at radius 2 is 2.12 bits per heavy atom. The van der Waals surface area contributed by atoms with Crippen molar-refractivity contribution in [3.63, 3.8) is 0 Å². The van der Waals surface area contributed by atoms with Gasteiger partial charge in [-0.3, -0.25) is 9.69 Å². The second-order valence-electron chi connectivity index (χ2n) is 10.0. The molecule has 34 heavy (non-hydrogen) atoms. The van der Waals surface area contributed by atoms with E-state index in [0.717, 1.165) is 65.8 Å². The van der Waals surface area contributed by atoms with Crippen LogP contribution in [0.3, 0.4) is 0 Å². The topological polar surface area (TPSA) is 50.6 Å². The second kappa shape index (κ2) is 8.58. The van der Waals surface area contributed by atoms with Crippen LogP contribution in [0.2, 0.25) is 0 Å². The molecular formula is C28H32N4O2. The highest BCUT2D eigenvalue weighted by Crippen LogP contribution is 2.41. The molecular weight excluding hydrogens is 424 g/mol. The van der Waals surface area contributed by atoms with E-state index in [-0.39, 0.29) is 11.8 Å². The molecule has 0 N–H and O–H groups in total. The van der Waals surface area contributed by atoms with Gasteiger partial charge in [-0.2, -0.15) is 0 Å². The lowest BCUT2D eigenvalue weighted by molar-refractivity contribution is -0.114. The lowest BCUT2D eigenvalue weighted by Gasteiger charge is -2.31. The highest BCUT2D eigenvalue weighted by Gasteiger charge is 2.38. The van der Waals surface area contributed by atoms with E-state index in [4.69, 9.17) is 4.74 Å². The zero-order valence-corrected chi connectivity index (χ0v) is 20.0. The van der Waals surface area contributed by atoms with Crippen LogP contribution in [-0.4, -0.2) is 53.6 Å². The van der Waals surface area contributed by atoms with Crippen LogP contribution in [0, 0.1) is 18.8 Å². The van der Waals surface area contributed by atoms with Crippen molar-refractivity contribution in [3.8, 4) is 11.4 Å². The van der Waals surface area contributed by atoms with Crippen LogP contribution in [0.25, 0.3) is 5.69 Å². The third-order valence-corrected chi connectivity index (χ3v) is 7.64. The van der Waals surface area contributed by atoms with E-state index in [2.05, 4.69) is 28.1 Å². The number of benzene rings is 1.